The second-order valence-electron chi connectivity index (χ2n) is 8.15. The van der Waals surface area contributed by atoms with Crippen LogP contribution in [0.25, 0.3) is 5.76 Å². The molecule has 3 aromatic rings. The lowest BCUT2D eigenvalue weighted by Crippen LogP contribution is -2.29. The zero-order valence-corrected chi connectivity index (χ0v) is 17.6. The Hall–Kier alpha value is -3.93. The second kappa shape index (κ2) is 7.96. The number of nitrogens with zero attached hydrogens (tertiary/aromatic N) is 2. The number of fused-ring (bicyclic) bond motifs is 1. The Labute approximate surface area is 185 Å². The van der Waals surface area contributed by atoms with Crippen LogP contribution in [0.4, 0.5) is 0 Å². The molecule has 160 valence electrons. The molecule has 0 saturated carbocycles. The molecular weight excluding hydrogens is 404 g/mol. The number of benzene rings is 2. The van der Waals surface area contributed by atoms with Gasteiger partial charge in [-0.05, 0) is 53.9 Å². The fraction of sp³-hybridized carbons (Fsp3) is 0.192. The molecule has 1 N–H and O–H groups in total. The van der Waals surface area contributed by atoms with Gasteiger partial charge in [0.1, 0.15) is 17.6 Å². The number of hydrogen-bond donors (Lipinski definition) is 1. The molecule has 2 aromatic carbocycles. The van der Waals surface area contributed by atoms with E-state index in [1.807, 2.05) is 55.5 Å². The van der Waals surface area contributed by atoms with Crippen LogP contribution in [-0.2, 0) is 22.6 Å². The van der Waals surface area contributed by atoms with Crippen LogP contribution >= 0.6 is 0 Å². The zero-order valence-electron chi connectivity index (χ0n) is 17.6. The number of aliphatic hydroxyl groups is 1. The molecule has 0 radical (unpaired) electrons. The van der Waals surface area contributed by atoms with Crippen molar-refractivity contribution >= 4 is 17.4 Å². The Morgan fingerprint density at radius 3 is 2.59 bits per heavy atom. The van der Waals surface area contributed by atoms with Gasteiger partial charge in [-0.1, -0.05) is 30.3 Å². The summed E-state index contributed by atoms with van der Waals surface area (Å²) in [5, 5.41) is 11.3. The average molecular weight is 426 g/mol. The minimum absolute atomic E-state index is 0.0673. The van der Waals surface area contributed by atoms with Crippen molar-refractivity contribution in [3.63, 3.8) is 0 Å². The van der Waals surface area contributed by atoms with Gasteiger partial charge in [0.2, 0.25) is 0 Å². The van der Waals surface area contributed by atoms with Crippen LogP contribution in [-0.4, -0.2) is 32.8 Å². The number of ketones is 1. The van der Waals surface area contributed by atoms with E-state index in [2.05, 4.69) is 4.98 Å². The predicted molar refractivity (Wildman–Crippen MR) is 119 cm³/mol. The molecule has 0 aliphatic carbocycles. The molecule has 2 atom stereocenters. The van der Waals surface area contributed by atoms with Gasteiger partial charge < -0.3 is 14.7 Å². The molecule has 0 spiro atoms. The molecule has 1 amide bonds. The van der Waals surface area contributed by atoms with Crippen molar-refractivity contribution in [1.82, 2.24) is 9.88 Å². The van der Waals surface area contributed by atoms with E-state index in [0.29, 0.717) is 5.56 Å². The molecule has 2 aliphatic rings. The molecule has 2 aliphatic heterocycles. The highest BCUT2D eigenvalue weighted by atomic mass is 16.5. The third-order valence-corrected chi connectivity index (χ3v) is 5.93. The van der Waals surface area contributed by atoms with E-state index in [0.717, 1.165) is 28.9 Å². The summed E-state index contributed by atoms with van der Waals surface area (Å²) in [5.41, 5.74) is 3.20. The SMILES string of the molecule is CC1Cc2cc(C(O)=C3C(=O)C(=O)N(Cc4ccncc4)C3c3ccccc3)ccc2O1. The molecule has 0 bridgehead atoms. The topological polar surface area (TPSA) is 79.7 Å². The van der Waals surface area contributed by atoms with E-state index < -0.39 is 17.7 Å². The lowest BCUT2D eigenvalue weighted by atomic mass is 9.94. The van der Waals surface area contributed by atoms with Crippen molar-refractivity contribution < 1.29 is 19.4 Å². The number of amides is 1. The normalized spacial score (nSPS) is 21.5. The summed E-state index contributed by atoms with van der Waals surface area (Å²) >= 11 is 0. The van der Waals surface area contributed by atoms with Crippen molar-refractivity contribution in [2.45, 2.75) is 32.0 Å². The van der Waals surface area contributed by atoms with Gasteiger partial charge in [-0.15, -0.1) is 0 Å². The van der Waals surface area contributed by atoms with Crippen LogP contribution in [0.3, 0.4) is 0 Å². The minimum Gasteiger partial charge on any atom is -0.507 e. The van der Waals surface area contributed by atoms with Crippen molar-refractivity contribution in [2.75, 3.05) is 0 Å². The monoisotopic (exact) mass is 426 g/mol. The summed E-state index contributed by atoms with van der Waals surface area (Å²) in [6.45, 7) is 2.22. The zero-order chi connectivity index (χ0) is 22.2. The van der Waals surface area contributed by atoms with Crippen LogP contribution < -0.4 is 4.74 Å². The Morgan fingerprint density at radius 1 is 1.09 bits per heavy atom. The van der Waals surface area contributed by atoms with E-state index in [4.69, 9.17) is 4.74 Å². The van der Waals surface area contributed by atoms with Crippen molar-refractivity contribution in [3.8, 4) is 5.75 Å². The van der Waals surface area contributed by atoms with Crippen LogP contribution in [0.1, 0.15) is 35.2 Å². The van der Waals surface area contributed by atoms with E-state index in [1.165, 1.54) is 4.90 Å². The number of carbonyl (C=O) groups is 2. The number of pyridine rings is 1. The lowest BCUT2D eigenvalue weighted by Gasteiger charge is -2.25. The Morgan fingerprint density at radius 2 is 1.84 bits per heavy atom. The maximum atomic E-state index is 13.1. The highest BCUT2D eigenvalue weighted by Gasteiger charge is 2.46. The first kappa shape index (κ1) is 20.0. The van der Waals surface area contributed by atoms with Crippen LogP contribution in [0.15, 0.2) is 78.6 Å². The van der Waals surface area contributed by atoms with E-state index >= 15 is 0 Å². The number of rotatable bonds is 4. The molecule has 1 saturated heterocycles. The highest BCUT2D eigenvalue weighted by molar-refractivity contribution is 6.46. The van der Waals surface area contributed by atoms with Crippen LogP contribution in [0.5, 0.6) is 5.75 Å². The van der Waals surface area contributed by atoms with Crippen LogP contribution in [0.2, 0.25) is 0 Å². The number of aliphatic hydroxyl groups excluding tert-OH is 1. The first-order valence-electron chi connectivity index (χ1n) is 10.5. The van der Waals surface area contributed by atoms with Gasteiger partial charge in [0.25, 0.3) is 11.7 Å². The van der Waals surface area contributed by atoms with Gasteiger partial charge in [0.05, 0.1) is 11.6 Å². The molecule has 2 unspecified atom stereocenters. The van der Waals surface area contributed by atoms with Gasteiger partial charge in [0.15, 0.2) is 0 Å². The first-order valence-corrected chi connectivity index (χ1v) is 10.5. The van der Waals surface area contributed by atoms with Crippen molar-refractivity contribution in [3.05, 3.63) is 101 Å². The molecule has 32 heavy (non-hydrogen) atoms. The summed E-state index contributed by atoms with van der Waals surface area (Å²) in [7, 11) is 0. The fourth-order valence-electron chi connectivity index (χ4n) is 4.43. The third kappa shape index (κ3) is 3.43. The van der Waals surface area contributed by atoms with Gasteiger partial charge in [0, 0.05) is 30.9 Å². The fourth-order valence-corrected chi connectivity index (χ4v) is 4.43. The minimum atomic E-state index is -0.687. The number of Topliss-reactive ketones (excluding diaryl/α,β-unsaturated/α-hetero) is 1. The number of ether oxygens (including phenoxy) is 1. The second-order valence-corrected chi connectivity index (χ2v) is 8.15. The maximum Gasteiger partial charge on any atom is 0.295 e. The van der Waals surface area contributed by atoms with Gasteiger partial charge in [-0.2, -0.15) is 0 Å². The molecule has 6 heteroatoms. The van der Waals surface area contributed by atoms with E-state index in [9.17, 15) is 14.7 Å². The van der Waals surface area contributed by atoms with E-state index in [-0.39, 0.29) is 24.0 Å². The van der Waals surface area contributed by atoms with Crippen molar-refractivity contribution in [2.24, 2.45) is 0 Å². The smallest absolute Gasteiger partial charge is 0.295 e. The maximum absolute atomic E-state index is 13.1. The summed E-state index contributed by atoms with van der Waals surface area (Å²) in [4.78, 5) is 31.7. The first-order chi connectivity index (χ1) is 15.5. The Bertz CT molecular complexity index is 1220. The summed E-state index contributed by atoms with van der Waals surface area (Å²) in [5.74, 6) is -0.700. The number of likely N-dealkylation sites (tertiary alicyclic amines) is 1. The quantitative estimate of drug-likeness (QED) is 0.387. The standard InChI is InChI=1S/C26H22N2O4/c1-16-13-20-14-19(7-8-21(20)32-16)24(29)22-23(18-5-3-2-4-6-18)28(26(31)25(22)30)15-17-9-11-27-12-10-17/h2-12,14,16,23,29H,13,15H2,1H3. The van der Waals surface area contributed by atoms with Crippen molar-refractivity contribution in [1.29, 1.82) is 0 Å². The average Bonchev–Trinajstić information content (AvgIpc) is 3.31. The van der Waals surface area contributed by atoms with E-state index in [1.54, 1.807) is 24.5 Å². The third-order valence-electron chi connectivity index (χ3n) is 5.93. The molecule has 5 rings (SSSR count). The van der Waals surface area contributed by atoms with Gasteiger partial charge >= 0.3 is 0 Å². The lowest BCUT2D eigenvalue weighted by molar-refractivity contribution is -0.140. The number of aromatic nitrogens is 1. The molecule has 1 aromatic heterocycles. The summed E-state index contributed by atoms with van der Waals surface area (Å²) in [6, 6.07) is 17.6. The number of hydrogen-bond acceptors (Lipinski definition) is 5. The molecule has 6 nitrogen and oxygen atoms in total. The Kier molecular flexibility index (Phi) is 4.98. The Balaban J connectivity index is 1.62. The predicted octanol–water partition coefficient (Wildman–Crippen LogP) is 4.03. The molecule has 3 heterocycles. The largest absolute Gasteiger partial charge is 0.507 e. The summed E-state index contributed by atoms with van der Waals surface area (Å²) in [6.07, 6.45) is 4.10. The van der Waals surface area contributed by atoms with Gasteiger partial charge in [-0.3, -0.25) is 14.6 Å². The summed E-state index contributed by atoms with van der Waals surface area (Å²) < 4.78 is 5.75. The van der Waals surface area contributed by atoms with Crippen LogP contribution in [0, 0.1) is 0 Å². The molecule has 1 fully saturated rings. The number of carbonyl (C=O) groups excluding carboxylic acids is 2. The molecular formula is C26H22N2O4. The highest BCUT2D eigenvalue weighted by Crippen LogP contribution is 2.41. The van der Waals surface area contributed by atoms with Gasteiger partial charge in [-0.25, -0.2) is 0 Å².